The molecule has 0 spiro atoms. The van der Waals surface area contributed by atoms with Crippen molar-refractivity contribution in [2.24, 2.45) is 4.99 Å². The summed E-state index contributed by atoms with van der Waals surface area (Å²) >= 11 is 1.70. The average Bonchev–Trinajstić information content (AvgIpc) is 2.84. The lowest BCUT2D eigenvalue weighted by molar-refractivity contribution is 0.582. The van der Waals surface area contributed by atoms with Crippen LogP contribution >= 0.6 is 11.3 Å². The number of thiophene rings is 1. The summed E-state index contributed by atoms with van der Waals surface area (Å²) < 4.78 is 5.86. The lowest BCUT2D eigenvalue weighted by atomic mass is 10.3. The molecule has 2 rings (SSSR count). The molecule has 0 amide bonds. The first-order valence-electron chi connectivity index (χ1n) is 5.83. The van der Waals surface area contributed by atoms with Gasteiger partial charge in [-0.05, 0) is 43.6 Å². The molecule has 1 radical (unpaired) electrons. The van der Waals surface area contributed by atoms with Crippen LogP contribution in [0, 0.1) is 0 Å². The van der Waals surface area contributed by atoms with Gasteiger partial charge in [0.1, 0.15) is 11.4 Å². The van der Waals surface area contributed by atoms with Crippen molar-refractivity contribution in [1.29, 1.82) is 0 Å². The Morgan fingerprint density at radius 1 is 1.17 bits per heavy atom. The maximum Gasteiger partial charge on any atom is 0.274 e. The van der Waals surface area contributed by atoms with Gasteiger partial charge in [0.2, 0.25) is 0 Å². The third kappa shape index (κ3) is 3.30. The number of rotatable bonds is 4. The van der Waals surface area contributed by atoms with E-state index in [2.05, 4.69) is 29.5 Å². The Bertz CT molecular complexity index is 534. The van der Waals surface area contributed by atoms with Gasteiger partial charge in [0.25, 0.3) is 9.04 Å². The summed E-state index contributed by atoms with van der Waals surface area (Å²) in [6, 6.07) is 12.1. The van der Waals surface area contributed by atoms with Crippen LogP contribution in [0.4, 0.5) is 5.69 Å². The predicted molar refractivity (Wildman–Crippen MR) is 80.7 cm³/mol. The van der Waals surface area contributed by atoms with Crippen molar-refractivity contribution in [2.75, 3.05) is 0 Å². The Kier molecular flexibility index (Phi) is 4.33. The van der Waals surface area contributed by atoms with Crippen LogP contribution in [0.2, 0.25) is 13.1 Å². The third-order valence-corrected chi connectivity index (χ3v) is 3.95. The van der Waals surface area contributed by atoms with Gasteiger partial charge >= 0.3 is 0 Å². The highest BCUT2D eigenvalue weighted by atomic mass is 32.1. The van der Waals surface area contributed by atoms with Crippen LogP contribution in [0.1, 0.15) is 11.8 Å². The van der Waals surface area contributed by atoms with Crippen molar-refractivity contribution < 1.29 is 4.43 Å². The summed E-state index contributed by atoms with van der Waals surface area (Å²) in [4.78, 5) is 5.87. The summed E-state index contributed by atoms with van der Waals surface area (Å²) in [6.45, 7) is 6.28. The molecule has 1 aromatic carbocycles. The van der Waals surface area contributed by atoms with Gasteiger partial charge in [-0.15, -0.1) is 11.3 Å². The van der Waals surface area contributed by atoms with Gasteiger partial charge in [-0.1, -0.05) is 18.2 Å². The molecule has 0 saturated heterocycles. The summed E-state index contributed by atoms with van der Waals surface area (Å²) in [7, 11) is -0.764. The molecule has 0 aliphatic heterocycles. The van der Waals surface area contributed by atoms with Crippen LogP contribution < -0.4 is 4.43 Å². The molecule has 0 bridgehead atoms. The number of hydrogen-bond donors (Lipinski definition) is 0. The summed E-state index contributed by atoms with van der Waals surface area (Å²) in [6.07, 6.45) is 0. The summed E-state index contributed by atoms with van der Waals surface area (Å²) in [5, 5.41) is 2.07. The first kappa shape index (κ1) is 13.0. The minimum atomic E-state index is -0.764. The molecule has 4 heteroatoms. The highest BCUT2D eigenvalue weighted by Gasteiger charge is 2.06. The maximum absolute atomic E-state index is 5.86. The molecule has 0 atom stereocenters. The van der Waals surface area contributed by atoms with Crippen LogP contribution in [-0.4, -0.2) is 14.8 Å². The number of hydrogen-bond acceptors (Lipinski definition) is 3. The Hall–Kier alpha value is -1.39. The molecule has 0 saturated carbocycles. The second-order valence-electron chi connectivity index (χ2n) is 4.15. The van der Waals surface area contributed by atoms with E-state index in [4.69, 9.17) is 4.43 Å². The molecule has 0 unspecified atom stereocenters. The van der Waals surface area contributed by atoms with Gasteiger partial charge < -0.3 is 4.43 Å². The predicted octanol–water partition coefficient (Wildman–Crippen LogP) is 4.52. The summed E-state index contributed by atoms with van der Waals surface area (Å²) in [5.41, 5.74) is 1.94. The minimum Gasteiger partial charge on any atom is -0.541 e. The largest absolute Gasteiger partial charge is 0.541 e. The average molecular weight is 274 g/mol. The SMILES string of the molecule is CC(=Nc1ccccc1O[Si](C)C)c1cccs1. The fourth-order valence-electron chi connectivity index (χ4n) is 1.58. The van der Waals surface area contributed by atoms with Crippen molar-refractivity contribution in [2.45, 2.75) is 20.0 Å². The van der Waals surface area contributed by atoms with Crippen LogP contribution in [-0.2, 0) is 0 Å². The molecule has 1 aromatic heterocycles. The van der Waals surface area contributed by atoms with Crippen LogP contribution in [0.5, 0.6) is 5.75 Å². The second kappa shape index (κ2) is 5.98. The molecule has 1 heterocycles. The molecular weight excluding hydrogens is 258 g/mol. The first-order chi connectivity index (χ1) is 8.66. The zero-order chi connectivity index (χ0) is 13.0. The highest BCUT2D eigenvalue weighted by Crippen LogP contribution is 2.28. The molecule has 0 fully saturated rings. The highest BCUT2D eigenvalue weighted by molar-refractivity contribution is 7.12. The van der Waals surface area contributed by atoms with Gasteiger partial charge in [-0.2, -0.15) is 0 Å². The Morgan fingerprint density at radius 2 is 1.94 bits per heavy atom. The van der Waals surface area contributed by atoms with Crippen molar-refractivity contribution in [3.05, 3.63) is 46.7 Å². The van der Waals surface area contributed by atoms with E-state index in [0.717, 1.165) is 17.1 Å². The number of para-hydroxylation sites is 2. The van der Waals surface area contributed by atoms with E-state index >= 15 is 0 Å². The molecule has 0 aliphatic rings. The zero-order valence-electron chi connectivity index (χ0n) is 10.8. The Labute approximate surface area is 114 Å². The Morgan fingerprint density at radius 3 is 2.61 bits per heavy atom. The van der Waals surface area contributed by atoms with Gasteiger partial charge in [0, 0.05) is 4.88 Å². The van der Waals surface area contributed by atoms with Gasteiger partial charge in [0.05, 0.1) is 5.71 Å². The number of aliphatic imine (C=N–C) groups is 1. The van der Waals surface area contributed by atoms with Gasteiger partial charge in [-0.3, -0.25) is 0 Å². The lowest BCUT2D eigenvalue weighted by Crippen LogP contribution is -2.11. The van der Waals surface area contributed by atoms with Crippen molar-refractivity contribution in [3.8, 4) is 5.75 Å². The molecule has 18 heavy (non-hydrogen) atoms. The van der Waals surface area contributed by atoms with Gasteiger partial charge in [-0.25, -0.2) is 4.99 Å². The standard InChI is InChI=1S/C14H16NOSSi/c1-11(14-9-6-10-17-14)15-12-7-4-5-8-13(12)16-18(2)3/h4-10H,1-3H3. The monoisotopic (exact) mass is 274 g/mol. The smallest absolute Gasteiger partial charge is 0.274 e. The zero-order valence-corrected chi connectivity index (χ0v) is 12.6. The second-order valence-corrected chi connectivity index (χ2v) is 7.12. The van der Waals surface area contributed by atoms with Crippen LogP contribution in [0.3, 0.4) is 0 Å². The van der Waals surface area contributed by atoms with E-state index in [9.17, 15) is 0 Å². The fraction of sp³-hybridized carbons (Fsp3) is 0.214. The maximum atomic E-state index is 5.86. The van der Waals surface area contributed by atoms with Crippen molar-refractivity contribution in [3.63, 3.8) is 0 Å². The quantitative estimate of drug-likeness (QED) is 0.593. The van der Waals surface area contributed by atoms with Crippen LogP contribution in [0.25, 0.3) is 0 Å². The van der Waals surface area contributed by atoms with E-state index in [-0.39, 0.29) is 0 Å². The normalized spacial score (nSPS) is 11.9. The summed E-state index contributed by atoms with van der Waals surface area (Å²) in [5.74, 6) is 0.882. The van der Waals surface area contributed by atoms with Gasteiger partial charge in [0.15, 0.2) is 0 Å². The van der Waals surface area contributed by atoms with E-state index in [0.29, 0.717) is 0 Å². The van der Waals surface area contributed by atoms with E-state index in [1.165, 1.54) is 4.88 Å². The number of benzene rings is 1. The van der Waals surface area contributed by atoms with E-state index in [1.54, 1.807) is 11.3 Å². The third-order valence-electron chi connectivity index (χ3n) is 2.35. The van der Waals surface area contributed by atoms with E-state index < -0.39 is 9.04 Å². The minimum absolute atomic E-state index is 0.764. The molecule has 0 aliphatic carbocycles. The lowest BCUT2D eigenvalue weighted by Gasteiger charge is -2.11. The number of nitrogens with zero attached hydrogens (tertiary/aromatic N) is 1. The first-order valence-corrected chi connectivity index (χ1v) is 9.12. The van der Waals surface area contributed by atoms with E-state index in [1.807, 2.05) is 37.3 Å². The van der Waals surface area contributed by atoms with Crippen molar-refractivity contribution >= 4 is 31.8 Å². The molecule has 2 aromatic rings. The van der Waals surface area contributed by atoms with Crippen molar-refractivity contribution in [1.82, 2.24) is 0 Å². The fourth-order valence-corrected chi connectivity index (χ4v) is 2.87. The Balaban J connectivity index is 2.31. The topological polar surface area (TPSA) is 21.6 Å². The molecule has 93 valence electrons. The van der Waals surface area contributed by atoms with Crippen LogP contribution in [0.15, 0.2) is 46.8 Å². The molecule has 0 N–H and O–H groups in total. The molecular formula is C14H16NOSSi. The molecule has 2 nitrogen and oxygen atoms in total.